The summed E-state index contributed by atoms with van der Waals surface area (Å²) in [6.45, 7) is 3.90. The zero-order valence-electron chi connectivity index (χ0n) is 19.3. The molecule has 1 aliphatic rings. The summed E-state index contributed by atoms with van der Waals surface area (Å²) in [5.41, 5.74) is 2.82. The molecular formula is C28H31ClFNO3. The molecule has 0 aromatic heterocycles. The molecule has 3 aromatic rings. The van der Waals surface area contributed by atoms with Crippen LogP contribution >= 0.6 is 11.6 Å². The molecule has 0 spiro atoms. The molecule has 1 heterocycles. The maximum atomic E-state index is 14.1. The number of anilines is 1. The SMILES string of the molecule is Fc1c(Cl)cccc1COC1CCCN(c2ccc(OCCCOCc3ccccc3)cc2)C1. The summed E-state index contributed by atoms with van der Waals surface area (Å²) in [7, 11) is 0. The van der Waals surface area contributed by atoms with Crippen molar-refractivity contribution in [2.24, 2.45) is 0 Å². The molecule has 4 rings (SSSR count). The molecule has 1 fully saturated rings. The number of hydrogen-bond donors (Lipinski definition) is 0. The second kappa shape index (κ2) is 12.7. The third-order valence-electron chi connectivity index (χ3n) is 5.90. The first-order valence-corrected chi connectivity index (χ1v) is 12.2. The van der Waals surface area contributed by atoms with Crippen molar-refractivity contribution in [3.63, 3.8) is 0 Å². The van der Waals surface area contributed by atoms with E-state index in [4.69, 9.17) is 25.8 Å². The van der Waals surface area contributed by atoms with Crippen molar-refractivity contribution < 1.29 is 18.6 Å². The van der Waals surface area contributed by atoms with Crippen LogP contribution in [0.5, 0.6) is 5.75 Å². The van der Waals surface area contributed by atoms with Gasteiger partial charge in [-0.25, -0.2) is 4.39 Å². The van der Waals surface area contributed by atoms with Crippen LogP contribution in [0.2, 0.25) is 5.02 Å². The predicted molar refractivity (Wildman–Crippen MR) is 134 cm³/mol. The van der Waals surface area contributed by atoms with Crippen LogP contribution in [0.1, 0.15) is 30.4 Å². The Balaban J connectivity index is 1.17. The number of piperidine rings is 1. The average Bonchev–Trinajstić information content (AvgIpc) is 2.88. The van der Waals surface area contributed by atoms with Gasteiger partial charge in [-0.05, 0) is 48.7 Å². The quantitative estimate of drug-likeness (QED) is 0.286. The van der Waals surface area contributed by atoms with Crippen molar-refractivity contribution in [2.45, 2.75) is 38.6 Å². The molecule has 3 aromatic carbocycles. The molecule has 0 amide bonds. The first-order chi connectivity index (χ1) is 16.7. The average molecular weight is 484 g/mol. The van der Waals surface area contributed by atoms with Gasteiger partial charge in [0.2, 0.25) is 0 Å². The van der Waals surface area contributed by atoms with Crippen molar-refractivity contribution in [3.05, 3.63) is 94.8 Å². The predicted octanol–water partition coefficient (Wildman–Crippen LogP) is 6.65. The van der Waals surface area contributed by atoms with Gasteiger partial charge in [0.05, 0.1) is 37.6 Å². The summed E-state index contributed by atoms with van der Waals surface area (Å²) < 4.78 is 31.7. The van der Waals surface area contributed by atoms with Crippen molar-refractivity contribution in [1.29, 1.82) is 0 Å². The van der Waals surface area contributed by atoms with E-state index in [0.717, 1.165) is 43.8 Å². The third-order valence-corrected chi connectivity index (χ3v) is 6.19. The van der Waals surface area contributed by atoms with Gasteiger partial charge >= 0.3 is 0 Å². The highest BCUT2D eigenvalue weighted by Gasteiger charge is 2.21. The monoisotopic (exact) mass is 483 g/mol. The summed E-state index contributed by atoms with van der Waals surface area (Å²) in [6, 6.07) is 23.4. The lowest BCUT2D eigenvalue weighted by Gasteiger charge is -2.34. The Morgan fingerprint density at radius 3 is 2.56 bits per heavy atom. The largest absolute Gasteiger partial charge is 0.494 e. The highest BCUT2D eigenvalue weighted by atomic mass is 35.5. The van der Waals surface area contributed by atoms with Crippen molar-refractivity contribution >= 4 is 17.3 Å². The molecule has 0 radical (unpaired) electrons. The lowest BCUT2D eigenvalue weighted by Crippen LogP contribution is -2.39. The summed E-state index contributed by atoms with van der Waals surface area (Å²) in [5, 5.41) is 0.133. The van der Waals surface area contributed by atoms with Crippen molar-refractivity contribution in [1.82, 2.24) is 0 Å². The van der Waals surface area contributed by atoms with Gasteiger partial charge in [0.15, 0.2) is 0 Å². The Labute approximate surface area is 206 Å². The minimum absolute atomic E-state index is 0.0546. The van der Waals surface area contributed by atoms with E-state index in [0.29, 0.717) is 25.4 Å². The normalized spacial score (nSPS) is 15.9. The van der Waals surface area contributed by atoms with Gasteiger partial charge in [0.1, 0.15) is 11.6 Å². The van der Waals surface area contributed by atoms with Gasteiger partial charge in [-0.15, -0.1) is 0 Å². The van der Waals surface area contributed by atoms with E-state index in [9.17, 15) is 4.39 Å². The first-order valence-electron chi connectivity index (χ1n) is 11.8. The minimum Gasteiger partial charge on any atom is -0.494 e. The van der Waals surface area contributed by atoms with Gasteiger partial charge in [0.25, 0.3) is 0 Å². The Hall–Kier alpha value is -2.60. The van der Waals surface area contributed by atoms with E-state index in [1.54, 1.807) is 18.2 Å². The summed E-state index contributed by atoms with van der Waals surface area (Å²) in [4.78, 5) is 2.31. The molecule has 34 heavy (non-hydrogen) atoms. The minimum atomic E-state index is -0.393. The Bertz CT molecular complexity index is 1020. The van der Waals surface area contributed by atoms with E-state index in [2.05, 4.69) is 29.2 Å². The molecule has 1 unspecified atom stereocenters. The van der Waals surface area contributed by atoms with E-state index in [-0.39, 0.29) is 17.7 Å². The molecular weight excluding hydrogens is 453 g/mol. The van der Waals surface area contributed by atoms with Crippen LogP contribution in [0.4, 0.5) is 10.1 Å². The Kier molecular flexibility index (Phi) is 9.19. The standard InChI is InChI=1S/C28H31ClFNO3/c29-27-11-4-9-23(28(27)30)21-34-26-10-5-16-31(19-26)24-12-14-25(15-13-24)33-18-6-17-32-20-22-7-2-1-3-8-22/h1-4,7-9,11-15,26H,5-6,10,16-21H2. The smallest absolute Gasteiger partial charge is 0.147 e. The number of halogens is 2. The number of rotatable bonds is 11. The molecule has 0 aliphatic carbocycles. The van der Waals surface area contributed by atoms with E-state index >= 15 is 0 Å². The van der Waals surface area contributed by atoms with Gasteiger partial charge in [-0.2, -0.15) is 0 Å². The van der Waals surface area contributed by atoms with Crippen LogP contribution < -0.4 is 9.64 Å². The van der Waals surface area contributed by atoms with Crippen LogP contribution in [0.15, 0.2) is 72.8 Å². The van der Waals surface area contributed by atoms with E-state index in [1.165, 1.54) is 5.56 Å². The zero-order valence-corrected chi connectivity index (χ0v) is 20.1. The maximum absolute atomic E-state index is 14.1. The topological polar surface area (TPSA) is 30.9 Å². The number of ether oxygens (including phenoxy) is 3. The van der Waals surface area contributed by atoms with E-state index < -0.39 is 5.82 Å². The van der Waals surface area contributed by atoms with Crippen LogP contribution in [0.25, 0.3) is 0 Å². The van der Waals surface area contributed by atoms with Crippen LogP contribution in [0.3, 0.4) is 0 Å². The lowest BCUT2D eigenvalue weighted by atomic mass is 10.1. The molecule has 1 saturated heterocycles. The number of hydrogen-bond acceptors (Lipinski definition) is 4. The molecule has 1 atom stereocenters. The van der Waals surface area contributed by atoms with Crippen molar-refractivity contribution in [2.75, 3.05) is 31.2 Å². The fraction of sp³-hybridized carbons (Fsp3) is 0.357. The van der Waals surface area contributed by atoms with E-state index in [1.807, 2.05) is 30.3 Å². The van der Waals surface area contributed by atoms with Gasteiger partial charge in [0, 0.05) is 30.8 Å². The fourth-order valence-electron chi connectivity index (χ4n) is 4.04. The molecule has 0 saturated carbocycles. The van der Waals surface area contributed by atoms with Crippen LogP contribution in [-0.4, -0.2) is 32.4 Å². The van der Waals surface area contributed by atoms with Crippen LogP contribution in [-0.2, 0) is 22.7 Å². The van der Waals surface area contributed by atoms with Gasteiger partial charge < -0.3 is 19.1 Å². The third kappa shape index (κ3) is 7.20. The zero-order chi connectivity index (χ0) is 23.6. The highest BCUT2D eigenvalue weighted by molar-refractivity contribution is 6.30. The Morgan fingerprint density at radius 2 is 1.74 bits per heavy atom. The molecule has 180 valence electrons. The van der Waals surface area contributed by atoms with Gasteiger partial charge in [-0.3, -0.25) is 0 Å². The fourth-order valence-corrected chi connectivity index (χ4v) is 4.24. The molecule has 1 aliphatic heterocycles. The second-order valence-electron chi connectivity index (χ2n) is 8.47. The highest BCUT2D eigenvalue weighted by Crippen LogP contribution is 2.25. The molecule has 4 nitrogen and oxygen atoms in total. The van der Waals surface area contributed by atoms with Gasteiger partial charge in [-0.1, -0.05) is 54.1 Å². The first kappa shape index (κ1) is 24.5. The number of nitrogens with zero attached hydrogens (tertiary/aromatic N) is 1. The van der Waals surface area contributed by atoms with Crippen molar-refractivity contribution in [3.8, 4) is 5.75 Å². The number of benzene rings is 3. The maximum Gasteiger partial charge on any atom is 0.147 e. The molecule has 0 N–H and O–H groups in total. The summed E-state index contributed by atoms with van der Waals surface area (Å²) in [5.74, 6) is 0.461. The summed E-state index contributed by atoms with van der Waals surface area (Å²) >= 11 is 5.87. The Morgan fingerprint density at radius 1 is 0.912 bits per heavy atom. The lowest BCUT2D eigenvalue weighted by molar-refractivity contribution is 0.0302. The molecule has 6 heteroatoms. The molecule has 0 bridgehead atoms. The second-order valence-corrected chi connectivity index (χ2v) is 8.88. The summed E-state index contributed by atoms with van der Waals surface area (Å²) in [6.07, 6.45) is 2.89. The van der Waals surface area contributed by atoms with Crippen LogP contribution in [0, 0.1) is 5.82 Å².